The maximum absolute atomic E-state index is 12.8. The van der Waals surface area contributed by atoms with Crippen LogP contribution in [0, 0.1) is 0 Å². The highest BCUT2D eigenvalue weighted by atomic mass is 16.3. The highest BCUT2D eigenvalue weighted by molar-refractivity contribution is 6.04. The number of pyridine rings is 1. The average Bonchev–Trinajstić information content (AvgIpc) is 3.48. The highest BCUT2D eigenvalue weighted by Gasteiger charge is 2.30. The van der Waals surface area contributed by atoms with Gasteiger partial charge in [0.2, 0.25) is 0 Å². The molecule has 0 bridgehead atoms. The third-order valence-corrected chi connectivity index (χ3v) is 5.74. The molecule has 1 aliphatic rings. The van der Waals surface area contributed by atoms with Gasteiger partial charge in [-0.2, -0.15) is 5.10 Å². The minimum absolute atomic E-state index is 0.00256. The second-order valence-corrected chi connectivity index (χ2v) is 7.72. The van der Waals surface area contributed by atoms with E-state index in [2.05, 4.69) is 27.5 Å². The number of anilines is 1. The zero-order valence-corrected chi connectivity index (χ0v) is 17.5. The van der Waals surface area contributed by atoms with Crippen LogP contribution < -0.4 is 5.32 Å². The van der Waals surface area contributed by atoms with Gasteiger partial charge in [0, 0.05) is 55.9 Å². The van der Waals surface area contributed by atoms with Crippen LogP contribution >= 0.6 is 0 Å². The standard InChI is InChI=1S/C23H24N6O2/c1-3-28-14-17-8-16(9-19(24-5-7-30)22(17)23(28)31)20-12-25-21-10-15(4-6-29(20)21)18-11-26-27(2)13-18/h4,6,8-13,24,30H,3,5,7,14H2,1-2H3. The number of amides is 1. The first-order valence-corrected chi connectivity index (χ1v) is 10.4. The third kappa shape index (κ3) is 3.25. The predicted molar refractivity (Wildman–Crippen MR) is 119 cm³/mol. The van der Waals surface area contributed by atoms with E-state index >= 15 is 0 Å². The first-order chi connectivity index (χ1) is 15.1. The largest absolute Gasteiger partial charge is 0.395 e. The lowest BCUT2D eigenvalue weighted by atomic mass is 10.0. The molecular formula is C23H24N6O2. The molecule has 8 nitrogen and oxygen atoms in total. The molecule has 0 spiro atoms. The van der Waals surface area contributed by atoms with E-state index in [9.17, 15) is 9.90 Å². The van der Waals surface area contributed by atoms with Crippen molar-refractivity contribution in [2.75, 3.05) is 25.0 Å². The lowest BCUT2D eigenvalue weighted by Gasteiger charge is -2.13. The second-order valence-electron chi connectivity index (χ2n) is 7.72. The van der Waals surface area contributed by atoms with E-state index in [0.29, 0.717) is 25.2 Å². The molecule has 158 valence electrons. The first-order valence-electron chi connectivity index (χ1n) is 10.4. The number of carbonyl (C=O) groups excluding carboxylic acids is 1. The molecule has 0 unspecified atom stereocenters. The molecule has 0 radical (unpaired) electrons. The summed E-state index contributed by atoms with van der Waals surface area (Å²) >= 11 is 0. The maximum atomic E-state index is 12.8. The summed E-state index contributed by atoms with van der Waals surface area (Å²) in [5.74, 6) is 0.0312. The Labute approximate surface area is 179 Å². The van der Waals surface area contributed by atoms with Crippen LogP contribution in [0.5, 0.6) is 0 Å². The first kappa shape index (κ1) is 19.3. The fraction of sp³-hybridized carbons (Fsp3) is 0.261. The number of hydrogen-bond donors (Lipinski definition) is 2. The van der Waals surface area contributed by atoms with E-state index in [-0.39, 0.29) is 12.5 Å². The number of aryl methyl sites for hydroxylation is 1. The Balaban J connectivity index is 1.59. The van der Waals surface area contributed by atoms with Crippen LogP contribution in [0.25, 0.3) is 28.0 Å². The molecule has 0 saturated carbocycles. The van der Waals surface area contributed by atoms with Crippen molar-refractivity contribution in [3.8, 4) is 22.4 Å². The average molecular weight is 416 g/mol. The van der Waals surface area contributed by atoms with E-state index in [0.717, 1.165) is 39.3 Å². The molecule has 0 atom stereocenters. The van der Waals surface area contributed by atoms with Gasteiger partial charge in [-0.05, 0) is 42.3 Å². The summed E-state index contributed by atoms with van der Waals surface area (Å²) in [6, 6.07) is 8.15. The summed E-state index contributed by atoms with van der Waals surface area (Å²) in [4.78, 5) is 19.2. The number of rotatable bonds is 6. The summed E-state index contributed by atoms with van der Waals surface area (Å²) in [5.41, 5.74) is 7.31. The fourth-order valence-electron chi connectivity index (χ4n) is 4.19. The minimum Gasteiger partial charge on any atom is -0.395 e. The van der Waals surface area contributed by atoms with Crippen LogP contribution in [0.3, 0.4) is 0 Å². The molecule has 1 aliphatic heterocycles. The van der Waals surface area contributed by atoms with Gasteiger partial charge in [-0.15, -0.1) is 0 Å². The Morgan fingerprint density at radius 1 is 1.16 bits per heavy atom. The maximum Gasteiger partial charge on any atom is 0.256 e. The lowest BCUT2D eigenvalue weighted by Crippen LogP contribution is -2.23. The second kappa shape index (κ2) is 7.55. The summed E-state index contributed by atoms with van der Waals surface area (Å²) in [7, 11) is 1.90. The summed E-state index contributed by atoms with van der Waals surface area (Å²) in [5, 5.41) is 16.7. The summed E-state index contributed by atoms with van der Waals surface area (Å²) in [6.45, 7) is 3.62. The van der Waals surface area contributed by atoms with Crippen LogP contribution in [-0.2, 0) is 13.6 Å². The zero-order chi connectivity index (χ0) is 21.5. The van der Waals surface area contributed by atoms with E-state index in [4.69, 9.17) is 0 Å². The van der Waals surface area contributed by atoms with Crippen molar-refractivity contribution in [2.45, 2.75) is 13.5 Å². The quantitative estimate of drug-likeness (QED) is 0.505. The number of carbonyl (C=O) groups is 1. The van der Waals surface area contributed by atoms with E-state index in [1.54, 1.807) is 4.68 Å². The molecule has 1 aromatic carbocycles. The molecule has 4 heterocycles. The number of nitrogens with zero attached hydrogens (tertiary/aromatic N) is 5. The highest BCUT2D eigenvalue weighted by Crippen LogP contribution is 2.35. The lowest BCUT2D eigenvalue weighted by molar-refractivity contribution is 0.0788. The summed E-state index contributed by atoms with van der Waals surface area (Å²) in [6.07, 6.45) is 7.68. The van der Waals surface area contributed by atoms with Crippen molar-refractivity contribution in [1.82, 2.24) is 24.1 Å². The van der Waals surface area contributed by atoms with Crippen LogP contribution in [0.2, 0.25) is 0 Å². The van der Waals surface area contributed by atoms with Gasteiger partial charge in [-0.1, -0.05) is 0 Å². The van der Waals surface area contributed by atoms with E-state index in [1.807, 2.05) is 60.2 Å². The topological polar surface area (TPSA) is 87.7 Å². The van der Waals surface area contributed by atoms with Gasteiger partial charge < -0.3 is 15.3 Å². The molecule has 4 aromatic rings. The number of imidazole rings is 1. The number of benzene rings is 1. The minimum atomic E-state index is -0.00256. The normalized spacial score (nSPS) is 13.3. The van der Waals surface area contributed by atoms with Gasteiger partial charge in [0.05, 0.1) is 30.3 Å². The Kier molecular flexibility index (Phi) is 4.71. The summed E-state index contributed by atoms with van der Waals surface area (Å²) < 4.78 is 3.83. The van der Waals surface area contributed by atoms with Gasteiger partial charge in [-0.25, -0.2) is 4.98 Å². The number of hydrogen-bond acceptors (Lipinski definition) is 5. The van der Waals surface area contributed by atoms with Crippen LogP contribution in [-0.4, -0.2) is 54.8 Å². The van der Waals surface area contributed by atoms with Crippen molar-refractivity contribution >= 4 is 17.2 Å². The Morgan fingerprint density at radius 2 is 2.03 bits per heavy atom. The Hall–Kier alpha value is -3.65. The molecule has 5 rings (SSSR count). The Morgan fingerprint density at radius 3 is 2.77 bits per heavy atom. The third-order valence-electron chi connectivity index (χ3n) is 5.74. The van der Waals surface area contributed by atoms with Gasteiger partial charge in [-0.3, -0.25) is 13.9 Å². The smallest absolute Gasteiger partial charge is 0.256 e. The number of aliphatic hydroxyl groups excluding tert-OH is 1. The van der Waals surface area contributed by atoms with Crippen LogP contribution in [0.15, 0.2) is 49.1 Å². The van der Waals surface area contributed by atoms with Crippen LogP contribution in [0.1, 0.15) is 22.8 Å². The van der Waals surface area contributed by atoms with Gasteiger partial charge in [0.15, 0.2) is 0 Å². The van der Waals surface area contributed by atoms with Gasteiger partial charge in [0.25, 0.3) is 5.91 Å². The van der Waals surface area contributed by atoms with Crippen molar-refractivity contribution < 1.29 is 9.90 Å². The molecule has 2 N–H and O–H groups in total. The SMILES string of the molecule is CCN1Cc2cc(-c3cnc4cc(-c5cnn(C)c5)ccn34)cc(NCCO)c2C1=O. The number of nitrogens with one attached hydrogen (secondary N) is 1. The molecule has 3 aromatic heterocycles. The van der Waals surface area contributed by atoms with Gasteiger partial charge >= 0.3 is 0 Å². The Bertz CT molecular complexity index is 1290. The molecule has 8 heteroatoms. The molecule has 31 heavy (non-hydrogen) atoms. The molecular weight excluding hydrogens is 392 g/mol. The van der Waals surface area contributed by atoms with E-state index < -0.39 is 0 Å². The molecule has 0 aliphatic carbocycles. The van der Waals surface area contributed by atoms with Crippen molar-refractivity contribution in [1.29, 1.82) is 0 Å². The number of aromatic nitrogens is 4. The monoisotopic (exact) mass is 416 g/mol. The predicted octanol–water partition coefficient (Wildman–Crippen LogP) is 2.78. The molecule has 0 saturated heterocycles. The van der Waals surface area contributed by atoms with Crippen molar-refractivity contribution in [3.05, 3.63) is 60.2 Å². The number of aliphatic hydroxyl groups is 1. The van der Waals surface area contributed by atoms with E-state index in [1.165, 1.54) is 0 Å². The fourth-order valence-corrected chi connectivity index (χ4v) is 4.19. The zero-order valence-electron chi connectivity index (χ0n) is 17.5. The van der Waals surface area contributed by atoms with Crippen molar-refractivity contribution in [2.24, 2.45) is 7.05 Å². The molecule has 1 amide bonds. The van der Waals surface area contributed by atoms with Gasteiger partial charge in [0.1, 0.15) is 5.65 Å². The van der Waals surface area contributed by atoms with Crippen molar-refractivity contribution in [3.63, 3.8) is 0 Å². The molecule has 0 fully saturated rings. The number of fused-ring (bicyclic) bond motifs is 2. The van der Waals surface area contributed by atoms with Crippen LogP contribution in [0.4, 0.5) is 5.69 Å².